The van der Waals surface area contributed by atoms with Crippen molar-refractivity contribution in [2.45, 2.75) is 0 Å². The third-order valence-electron chi connectivity index (χ3n) is 4.53. The Hall–Kier alpha value is -3.17. The predicted octanol–water partition coefficient (Wildman–Crippen LogP) is 2.80. The number of morpholine rings is 1. The normalized spacial score (nSPS) is 14.8. The minimum absolute atomic E-state index is 0.0550. The second kappa shape index (κ2) is 9.10. The van der Waals surface area contributed by atoms with Crippen LogP contribution in [0.25, 0.3) is 17.2 Å². The van der Waals surface area contributed by atoms with Crippen LogP contribution in [-0.4, -0.2) is 54.5 Å². The summed E-state index contributed by atoms with van der Waals surface area (Å²) in [5.74, 6) is -2.64. The Kier molecular flexibility index (Phi) is 6.53. The molecule has 0 bridgehead atoms. The molecular formula is C20H19ClFN3O5. The molecule has 8 nitrogen and oxygen atoms in total. The zero-order valence-electron chi connectivity index (χ0n) is 16.1. The molecule has 0 amide bonds. The molecule has 10 heteroatoms. The Morgan fingerprint density at radius 3 is 2.70 bits per heavy atom. The maximum Gasteiger partial charge on any atom is 0.342 e. The van der Waals surface area contributed by atoms with Crippen molar-refractivity contribution in [2.24, 2.45) is 0 Å². The van der Waals surface area contributed by atoms with Crippen molar-refractivity contribution in [2.75, 3.05) is 38.3 Å². The van der Waals surface area contributed by atoms with Gasteiger partial charge in [0.25, 0.3) is 5.56 Å². The molecule has 0 saturated carbocycles. The van der Waals surface area contributed by atoms with E-state index in [9.17, 15) is 19.1 Å². The Bertz CT molecular complexity index is 1080. The summed E-state index contributed by atoms with van der Waals surface area (Å²) in [7, 11) is 1.09. The largest absolute Gasteiger partial charge is 0.505 e. The number of nitrogens with one attached hydrogen (secondary N) is 1. The second-order valence-electron chi connectivity index (χ2n) is 6.33. The van der Waals surface area contributed by atoms with Gasteiger partial charge in [0.05, 0.1) is 20.3 Å². The van der Waals surface area contributed by atoms with Crippen molar-refractivity contribution in [3.8, 4) is 0 Å². The number of ether oxygens (including phenoxy) is 2. The third kappa shape index (κ3) is 4.22. The van der Waals surface area contributed by atoms with E-state index >= 15 is 0 Å². The Balaban J connectivity index is 2.34. The molecule has 0 aliphatic carbocycles. The SMILES string of the molecule is C=C(F)c1c(/C(C(=O)OC)=C(\O)c2ncc[nH]c2=O)cc(Cl)cc1N1CCOCC1. The van der Waals surface area contributed by atoms with Crippen LogP contribution >= 0.6 is 11.6 Å². The fraction of sp³-hybridized carbons (Fsp3) is 0.250. The highest BCUT2D eigenvalue weighted by atomic mass is 35.5. The molecule has 1 aromatic carbocycles. The van der Waals surface area contributed by atoms with Crippen molar-refractivity contribution in [1.29, 1.82) is 0 Å². The zero-order chi connectivity index (χ0) is 21.8. The van der Waals surface area contributed by atoms with Gasteiger partial charge in [0.1, 0.15) is 11.4 Å². The first kappa shape index (κ1) is 21.5. The van der Waals surface area contributed by atoms with Crippen molar-refractivity contribution >= 4 is 40.4 Å². The number of H-pyrrole nitrogens is 1. The van der Waals surface area contributed by atoms with E-state index in [1.807, 2.05) is 4.90 Å². The number of aromatic amines is 1. The molecule has 1 saturated heterocycles. The summed E-state index contributed by atoms with van der Waals surface area (Å²) in [5.41, 5.74) is -1.40. The summed E-state index contributed by atoms with van der Waals surface area (Å²) in [4.78, 5) is 32.7. The van der Waals surface area contributed by atoms with Crippen LogP contribution in [0, 0.1) is 0 Å². The number of hydrogen-bond donors (Lipinski definition) is 2. The number of anilines is 1. The summed E-state index contributed by atoms with van der Waals surface area (Å²) in [6.07, 6.45) is 2.50. The first-order valence-electron chi connectivity index (χ1n) is 8.92. The number of methoxy groups -OCH3 is 1. The third-order valence-corrected chi connectivity index (χ3v) is 4.75. The van der Waals surface area contributed by atoms with Crippen molar-refractivity contribution in [3.63, 3.8) is 0 Å². The average Bonchev–Trinajstić information content (AvgIpc) is 2.74. The minimum atomic E-state index is -1.00. The van der Waals surface area contributed by atoms with Gasteiger partial charge in [0.15, 0.2) is 11.5 Å². The quantitative estimate of drug-likeness (QED) is 0.422. The molecule has 3 rings (SSSR count). The van der Waals surface area contributed by atoms with Crippen LogP contribution in [-0.2, 0) is 14.3 Å². The van der Waals surface area contributed by atoms with E-state index in [0.29, 0.717) is 32.0 Å². The van der Waals surface area contributed by atoms with Gasteiger partial charge in [-0.15, -0.1) is 0 Å². The summed E-state index contributed by atoms with van der Waals surface area (Å²) in [6, 6.07) is 2.83. The van der Waals surface area contributed by atoms with Gasteiger partial charge >= 0.3 is 5.97 Å². The summed E-state index contributed by atoms with van der Waals surface area (Å²) in [5, 5.41) is 11.0. The summed E-state index contributed by atoms with van der Waals surface area (Å²) in [6.45, 7) is 5.15. The van der Waals surface area contributed by atoms with Gasteiger partial charge in [-0.25, -0.2) is 14.2 Å². The lowest BCUT2D eigenvalue weighted by atomic mass is 9.94. The van der Waals surface area contributed by atoms with E-state index in [4.69, 9.17) is 21.1 Å². The number of nitrogens with zero attached hydrogens (tertiary/aromatic N) is 2. The molecule has 1 aliphatic heterocycles. The number of carbonyl (C=O) groups is 1. The zero-order valence-corrected chi connectivity index (χ0v) is 16.8. The Labute approximate surface area is 176 Å². The molecule has 0 spiro atoms. The van der Waals surface area contributed by atoms with Crippen molar-refractivity contribution in [3.05, 3.63) is 63.3 Å². The fourth-order valence-corrected chi connectivity index (χ4v) is 3.42. The number of aromatic nitrogens is 2. The fourth-order valence-electron chi connectivity index (χ4n) is 3.20. The van der Waals surface area contributed by atoms with Gasteiger partial charge in [0, 0.05) is 47.3 Å². The minimum Gasteiger partial charge on any atom is -0.505 e. The summed E-state index contributed by atoms with van der Waals surface area (Å²) >= 11 is 6.27. The van der Waals surface area contributed by atoms with Gasteiger partial charge in [-0.1, -0.05) is 18.2 Å². The second-order valence-corrected chi connectivity index (χ2v) is 6.77. The smallest absolute Gasteiger partial charge is 0.342 e. The first-order chi connectivity index (χ1) is 14.3. The van der Waals surface area contributed by atoms with Gasteiger partial charge in [-0.3, -0.25) is 4.79 Å². The molecule has 158 valence electrons. The number of hydrogen-bond acceptors (Lipinski definition) is 7. The van der Waals surface area contributed by atoms with Crippen molar-refractivity contribution in [1.82, 2.24) is 9.97 Å². The van der Waals surface area contributed by atoms with E-state index in [0.717, 1.165) is 7.11 Å². The lowest BCUT2D eigenvalue weighted by molar-refractivity contribution is -0.133. The Morgan fingerprint density at radius 1 is 1.40 bits per heavy atom. The molecule has 1 aromatic heterocycles. The van der Waals surface area contributed by atoms with Crippen LogP contribution in [0.3, 0.4) is 0 Å². The number of carbonyl (C=O) groups excluding carboxylic acids is 1. The maximum absolute atomic E-state index is 14.7. The molecule has 1 aliphatic rings. The van der Waals surface area contributed by atoms with Crippen LogP contribution in [0.5, 0.6) is 0 Å². The molecule has 0 radical (unpaired) electrons. The lowest BCUT2D eigenvalue weighted by Crippen LogP contribution is -2.37. The van der Waals surface area contributed by atoms with E-state index < -0.39 is 34.4 Å². The number of benzene rings is 1. The molecular weight excluding hydrogens is 417 g/mol. The number of rotatable bonds is 5. The monoisotopic (exact) mass is 435 g/mol. The molecule has 30 heavy (non-hydrogen) atoms. The predicted molar refractivity (Wildman–Crippen MR) is 111 cm³/mol. The van der Waals surface area contributed by atoms with E-state index in [2.05, 4.69) is 16.5 Å². The molecule has 0 atom stereocenters. The molecule has 0 unspecified atom stereocenters. The van der Waals surface area contributed by atoms with Crippen molar-refractivity contribution < 1.29 is 23.8 Å². The number of esters is 1. The lowest BCUT2D eigenvalue weighted by Gasteiger charge is -2.31. The Morgan fingerprint density at radius 2 is 2.10 bits per heavy atom. The van der Waals surface area contributed by atoms with E-state index in [1.165, 1.54) is 24.5 Å². The van der Waals surface area contributed by atoms with Gasteiger partial charge in [0.2, 0.25) is 0 Å². The highest BCUT2D eigenvalue weighted by molar-refractivity contribution is 6.32. The summed E-state index contributed by atoms with van der Waals surface area (Å²) < 4.78 is 24.8. The van der Waals surface area contributed by atoms with E-state index in [1.54, 1.807) is 0 Å². The highest BCUT2D eigenvalue weighted by Crippen LogP contribution is 2.39. The van der Waals surface area contributed by atoms with Crippen LogP contribution < -0.4 is 10.5 Å². The highest BCUT2D eigenvalue weighted by Gasteiger charge is 2.29. The standard InChI is InChI=1S/C20H19ClFN3O5/c1-11(22)15-13(9-12(21)10-14(15)25-5-7-30-8-6-25)16(20(28)29-2)18(26)17-19(27)24-4-3-23-17/h3-4,9-10,26H,1,5-8H2,2H3,(H,24,27)/b18-16+. The van der Waals surface area contributed by atoms with Gasteiger partial charge in [-0.05, 0) is 12.1 Å². The molecule has 2 heterocycles. The molecule has 1 fully saturated rings. The van der Waals surface area contributed by atoms with Crippen LogP contribution in [0.2, 0.25) is 5.02 Å². The average molecular weight is 436 g/mol. The number of aliphatic hydroxyl groups excluding tert-OH is 1. The molecule has 2 N–H and O–H groups in total. The number of halogens is 2. The topological polar surface area (TPSA) is 105 Å². The maximum atomic E-state index is 14.7. The molecule has 2 aromatic rings. The van der Waals surface area contributed by atoms with Crippen LogP contribution in [0.1, 0.15) is 16.8 Å². The number of aliphatic hydroxyl groups is 1. The van der Waals surface area contributed by atoms with Crippen LogP contribution in [0.4, 0.5) is 10.1 Å². The van der Waals surface area contributed by atoms with E-state index in [-0.39, 0.29) is 16.1 Å². The first-order valence-corrected chi connectivity index (χ1v) is 9.30. The van der Waals surface area contributed by atoms with Gasteiger partial charge in [-0.2, -0.15) is 0 Å². The van der Waals surface area contributed by atoms with Gasteiger partial charge < -0.3 is 24.5 Å². The van der Waals surface area contributed by atoms with Crippen LogP contribution in [0.15, 0.2) is 35.9 Å².